The van der Waals surface area contributed by atoms with Crippen molar-refractivity contribution in [3.05, 3.63) is 35.4 Å². The van der Waals surface area contributed by atoms with Gasteiger partial charge in [-0.25, -0.2) is 8.78 Å². The number of hydrogen-bond acceptors (Lipinski definition) is 2. The van der Waals surface area contributed by atoms with Crippen LogP contribution in [0.1, 0.15) is 36.0 Å². The number of piperidine rings is 1. The van der Waals surface area contributed by atoms with E-state index in [1.165, 1.54) is 17.7 Å². The number of carbonyl (C=O) groups excluding carboxylic acids is 1. The Balaban J connectivity index is 1.92. The molecule has 1 fully saturated rings. The summed E-state index contributed by atoms with van der Waals surface area (Å²) in [5, 5.41) is 3.40. The molecule has 1 aromatic rings. The van der Waals surface area contributed by atoms with E-state index in [0.29, 0.717) is 12.6 Å². The molecular weight excluding hydrogens is 262 g/mol. The van der Waals surface area contributed by atoms with E-state index < -0.39 is 17.5 Å². The van der Waals surface area contributed by atoms with Crippen LogP contribution in [0.15, 0.2) is 18.2 Å². The van der Waals surface area contributed by atoms with Gasteiger partial charge in [-0.05, 0) is 44.0 Å². The molecule has 1 heterocycles. The highest BCUT2D eigenvalue weighted by Gasteiger charge is 2.19. The Morgan fingerprint density at radius 3 is 2.90 bits per heavy atom. The molecule has 1 unspecified atom stereocenters. The minimum atomic E-state index is -0.681. The van der Waals surface area contributed by atoms with Crippen LogP contribution >= 0.6 is 0 Å². The predicted molar refractivity (Wildman–Crippen MR) is 73.6 cm³/mol. The molecule has 0 saturated carbocycles. The highest BCUT2D eigenvalue weighted by molar-refractivity contribution is 5.94. The van der Waals surface area contributed by atoms with Gasteiger partial charge in [-0.1, -0.05) is 6.42 Å². The zero-order chi connectivity index (χ0) is 14.5. The Morgan fingerprint density at radius 1 is 1.40 bits per heavy atom. The molecular formula is C15H20F2N2O. The summed E-state index contributed by atoms with van der Waals surface area (Å²) in [6, 6.07) is 3.36. The summed E-state index contributed by atoms with van der Waals surface area (Å²) in [5.41, 5.74) is -0.205. The first-order valence-corrected chi connectivity index (χ1v) is 7.02. The molecule has 0 aromatic heterocycles. The molecule has 0 spiro atoms. The standard InChI is InChI=1S/C15H20F2N2O/c1-19(9-7-12-4-2-3-8-18-12)15(20)13-10-11(16)5-6-14(13)17/h5-6,10,12,18H,2-4,7-9H2,1H3. The van der Waals surface area contributed by atoms with Gasteiger partial charge in [-0.3, -0.25) is 4.79 Å². The molecule has 1 N–H and O–H groups in total. The maximum atomic E-state index is 13.5. The van der Waals surface area contributed by atoms with Gasteiger partial charge in [0.15, 0.2) is 0 Å². The van der Waals surface area contributed by atoms with Gasteiger partial charge in [-0.2, -0.15) is 0 Å². The van der Waals surface area contributed by atoms with Crippen LogP contribution in [0.3, 0.4) is 0 Å². The molecule has 3 nitrogen and oxygen atoms in total. The second kappa shape index (κ2) is 6.79. The molecule has 0 aliphatic carbocycles. The van der Waals surface area contributed by atoms with Crippen LogP contribution in [-0.2, 0) is 0 Å². The summed E-state index contributed by atoms with van der Waals surface area (Å²) in [6.45, 7) is 1.55. The van der Waals surface area contributed by atoms with Crippen molar-refractivity contribution in [2.75, 3.05) is 20.1 Å². The van der Waals surface area contributed by atoms with Crippen LogP contribution < -0.4 is 5.32 Å². The van der Waals surface area contributed by atoms with Crippen LogP contribution in [0.2, 0.25) is 0 Å². The lowest BCUT2D eigenvalue weighted by Crippen LogP contribution is -2.38. The average molecular weight is 282 g/mol. The lowest BCUT2D eigenvalue weighted by Gasteiger charge is -2.26. The van der Waals surface area contributed by atoms with Gasteiger partial charge in [0.1, 0.15) is 11.6 Å². The third kappa shape index (κ3) is 3.76. The third-order valence-corrected chi connectivity index (χ3v) is 3.73. The Morgan fingerprint density at radius 2 is 2.20 bits per heavy atom. The zero-order valence-electron chi connectivity index (χ0n) is 11.7. The summed E-state index contributed by atoms with van der Waals surface area (Å²) in [7, 11) is 1.62. The van der Waals surface area contributed by atoms with E-state index in [2.05, 4.69) is 5.32 Å². The van der Waals surface area contributed by atoms with Crippen LogP contribution in [0, 0.1) is 11.6 Å². The van der Waals surface area contributed by atoms with Gasteiger partial charge in [0.05, 0.1) is 5.56 Å². The summed E-state index contributed by atoms with van der Waals surface area (Å²) < 4.78 is 26.6. The van der Waals surface area contributed by atoms with Crippen molar-refractivity contribution >= 4 is 5.91 Å². The molecule has 1 saturated heterocycles. The van der Waals surface area contributed by atoms with Crippen molar-refractivity contribution in [1.29, 1.82) is 0 Å². The molecule has 0 bridgehead atoms. The zero-order valence-corrected chi connectivity index (χ0v) is 11.7. The van der Waals surface area contributed by atoms with Crippen LogP contribution in [0.25, 0.3) is 0 Å². The van der Waals surface area contributed by atoms with Gasteiger partial charge in [0.2, 0.25) is 0 Å². The molecule has 1 amide bonds. The van der Waals surface area contributed by atoms with Crippen LogP contribution in [0.4, 0.5) is 8.78 Å². The number of amides is 1. The van der Waals surface area contributed by atoms with E-state index in [4.69, 9.17) is 0 Å². The Bertz CT molecular complexity index is 473. The number of halogens is 2. The van der Waals surface area contributed by atoms with Crippen molar-refractivity contribution in [2.45, 2.75) is 31.7 Å². The van der Waals surface area contributed by atoms with E-state index in [9.17, 15) is 13.6 Å². The quantitative estimate of drug-likeness (QED) is 0.920. The topological polar surface area (TPSA) is 32.3 Å². The number of nitrogens with zero attached hydrogens (tertiary/aromatic N) is 1. The Hall–Kier alpha value is -1.49. The molecule has 1 aromatic carbocycles. The normalized spacial score (nSPS) is 18.9. The summed E-state index contributed by atoms with van der Waals surface area (Å²) >= 11 is 0. The molecule has 5 heteroatoms. The molecule has 1 atom stereocenters. The minimum Gasteiger partial charge on any atom is -0.342 e. The number of rotatable bonds is 4. The van der Waals surface area contributed by atoms with E-state index in [-0.39, 0.29) is 5.56 Å². The summed E-state index contributed by atoms with van der Waals surface area (Å²) in [6.07, 6.45) is 4.34. The van der Waals surface area contributed by atoms with Crippen molar-refractivity contribution in [3.8, 4) is 0 Å². The number of hydrogen-bond donors (Lipinski definition) is 1. The Labute approximate surface area is 118 Å². The second-order valence-corrected chi connectivity index (χ2v) is 5.29. The van der Waals surface area contributed by atoms with E-state index >= 15 is 0 Å². The van der Waals surface area contributed by atoms with Crippen molar-refractivity contribution < 1.29 is 13.6 Å². The van der Waals surface area contributed by atoms with E-state index in [1.807, 2.05) is 0 Å². The lowest BCUT2D eigenvalue weighted by molar-refractivity contribution is 0.0783. The van der Waals surface area contributed by atoms with E-state index in [0.717, 1.165) is 37.6 Å². The van der Waals surface area contributed by atoms with Crippen LogP contribution in [-0.4, -0.2) is 37.0 Å². The van der Waals surface area contributed by atoms with Crippen molar-refractivity contribution in [3.63, 3.8) is 0 Å². The first-order chi connectivity index (χ1) is 9.58. The number of carbonyl (C=O) groups is 1. The smallest absolute Gasteiger partial charge is 0.256 e. The molecule has 20 heavy (non-hydrogen) atoms. The first kappa shape index (κ1) is 14.9. The van der Waals surface area contributed by atoms with Crippen LogP contribution in [0.5, 0.6) is 0 Å². The number of nitrogens with one attached hydrogen (secondary N) is 1. The summed E-state index contributed by atoms with van der Waals surface area (Å²) in [5.74, 6) is -1.76. The SMILES string of the molecule is CN(CCC1CCCCN1)C(=O)c1cc(F)ccc1F. The minimum absolute atomic E-state index is 0.205. The van der Waals surface area contributed by atoms with Gasteiger partial charge in [0, 0.05) is 19.6 Å². The fraction of sp³-hybridized carbons (Fsp3) is 0.533. The van der Waals surface area contributed by atoms with E-state index in [1.54, 1.807) is 7.05 Å². The maximum Gasteiger partial charge on any atom is 0.256 e. The fourth-order valence-corrected chi connectivity index (χ4v) is 2.49. The van der Waals surface area contributed by atoms with Crippen molar-refractivity contribution in [2.24, 2.45) is 0 Å². The van der Waals surface area contributed by atoms with Gasteiger partial charge in [0.25, 0.3) is 5.91 Å². The summed E-state index contributed by atoms with van der Waals surface area (Å²) in [4.78, 5) is 13.5. The number of benzene rings is 1. The fourth-order valence-electron chi connectivity index (χ4n) is 2.49. The maximum absolute atomic E-state index is 13.5. The van der Waals surface area contributed by atoms with Gasteiger partial charge < -0.3 is 10.2 Å². The van der Waals surface area contributed by atoms with Gasteiger partial charge in [-0.15, -0.1) is 0 Å². The average Bonchev–Trinajstić information content (AvgIpc) is 2.47. The first-order valence-electron chi connectivity index (χ1n) is 7.02. The molecule has 0 radical (unpaired) electrons. The molecule has 1 aliphatic heterocycles. The van der Waals surface area contributed by atoms with Crippen molar-refractivity contribution in [1.82, 2.24) is 10.2 Å². The lowest BCUT2D eigenvalue weighted by atomic mass is 10.0. The highest BCUT2D eigenvalue weighted by Crippen LogP contribution is 2.14. The molecule has 110 valence electrons. The highest BCUT2D eigenvalue weighted by atomic mass is 19.1. The third-order valence-electron chi connectivity index (χ3n) is 3.73. The monoisotopic (exact) mass is 282 g/mol. The molecule has 1 aliphatic rings. The Kier molecular flexibility index (Phi) is 5.06. The van der Waals surface area contributed by atoms with Gasteiger partial charge >= 0.3 is 0 Å². The largest absolute Gasteiger partial charge is 0.342 e. The predicted octanol–water partition coefficient (Wildman–Crippen LogP) is 2.57. The molecule has 2 rings (SSSR count). The second-order valence-electron chi connectivity index (χ2n) is 5.29.